The number of ketones is 1. The third-order valence-electron chi connectivity index (χ3n) is 5.71. The fraction of sp³-hybridized carbons (Fsp3) is 0.0968. The summed E-state index contributed by atoms with van der Waals surface area (Å²) in [6, 6.07) is 27.3. The van der Waals surface area contributed by atoms with Crippen LogP contribution in [0.25, 0.3) is 17.2 Å². The van der Waals surface area contributed by atoms with Crippen LogP contribution in [-0.4, -0.2) is 33.1 Å². The lowest BCUT2D eigenvalue weighted by atomic mass is 10.0. The Morgan fingerprint density at radius 3 is 1.86 bits per heavy atom. The van der Waals surface area contributed by atoms with Gasteiger partial charge in [-0.3, -0.25) is 4.79 Å². The smallest absolute Gasteiger partial charge is 0.343 e. The number of esters is 1. The average molecular weight is 495 g/mol. The molecule has 0 aliphatic carbocycles. The van der Waals surface area contributed by atoms with Gasteiger partial charge in [-0.2, -0.15) is 0 Å². The molecule has 0 radical (unpaired) electrons. The molecule has 37 heavy (non-hydrogen) atoms. The zero-order valence-corrected chi connectivity index (χ0v) is 20.8. The maximum Gasteiger partial charge on any atom is 0.343 e. The maximum absolute atomic E-state index is 12.7. The van der Waals surface area contributed by atoms with Crippen molar-refractivity contribution in [2.75, 3.05) is 21.3 Å². The Balaban J connectivity index is 1.45. The molecule has 0 aliphatic rings. The molecule has 4 aromatic rings. The number of allylic oxidation sites excluding steroid dienone is 1. The molecule has 0 aliphatic heterocycles. The van der Waals surface area contributed by atoms with E-state index in [1.54, 1.807) is 42.5 Å². The van der Waals surface area contributed by atoms with E-state index < -0.39 is 5.97 Å². The van der Waals surface area contributed by atoms with Gasteiger partial charge in [-0.1, -0.05) is 66.7 Å². The van der Waals surface area contributed by atoms with Gasteiger partial charge < -0.3 is 18.9 Å². The highest BCUT2D eigenvalue weighted by Gasteiger charge is 2.15. The first-order valence-electron chi connectivity index (χ1n) is 11.5. The molecular weight excluding hydrogens is 468 g/mol. The SMILES string of the molecule is COc1ccc(C(=O)Oc2ccc(/C=C/C(=O)c3ccc(-c4ccccc4)cc3)cc2OC)cc1OC. The summed E-state index contributed by atoms with van der Waals surface area (Å²) in [5, 5.41) is 0. The van der Waals surface area contributed by atoms with E-state index in [0.717, 1.165) is 16.7 Å². The largest absolute Gasteiger partial charge is 0.493 e. The molecule has 0 N–H and O–H groups in total. The lowest BCUT2D eigenvalue weighted by Gasteiger charge is -2.12. The number of carbonyl (C=O) groups excluding carboxylic acids is 2. The van der Waals surface area contributed by atoms with E-state index in [0.29, 0.717) is 28.4 Å². The second-order valence-electron chi connectivity index (χ2n) is 8.01. The van der Waals surface area contributed by atoms with Gasteiger partial charge in [0.15, 0.2) is 28.8 Å². The number of ether oxygens (including phenoxy) is 4. The second-order valence-corrected chi connectivity index (χ2v) is 8.01. The average Bonchev–Trinajstić information content (AvgIpc) is 2.96. The van der Waals surface area contributed by atoms with Crippen molar-refractivity contribution in [3.63, 3.8) is 0 Å². The van der Waals surface area contributed by atoms with E-state index >= 15 is 0 Å². The number of methoxy groups -OCH3 is 3. The molecule has 0 atom stereocenters. The van der Waals surface area contributed by atoms with Gasteiger partial charge in [-0.15, -0.1) is 0 Å². The van der Waals surface area contributed by atoms with Crippen molar-refractivity contribution in [2.45, 2.75) is 0 Å². The summed E-state index contributed by atoms with van der Waals surface area (Å²) in [6.07, 6.45) is 3.19. The molecule has 0 aromatic heterocycles. The molecule has 0 bridgehead atoms. The van der Waals surface area contributed by atoms with Crippen LogP contribution in [0.3, 0.4) is 0 Å². The predicted molar refractivity (Wildman–Crippen MR) is 143 cm³/mol. The Bertz CT molecular complexity index is 1420. The first-order chi connectivity index (χ1) is 18.0. The van der Waals surface area contributed by atoms with Gasteiger partial charge in [0.05, 0.1) is 26.9 Å². The third-order valence-corrected chi connectivity index (χ3v) is 5.71. The van der Waals surface area contributed by atoms with Crippen LogP contribution in [0.2, 0.25) is 0 Å². The van der Waals surface area contributed by atoms with Crippen LogP contribution in [0.15, 0.2) is 97.1 Å². The van der Waals surface area contributed by atoms with Crippen LogP contribution in [0.4, 0.5) is 0 Å². The fourth-order valence-electron chi connectivity index (χ4n) is 3.72. The van der Waals surface area contributed by atoms with Gasteiger partial charge in [-0.25, -0.2) is 4.79 Å². The first kappa shape index (κ1) is 25.3. The maximum atomic E-state index is 12.7. The number of hydrogen-bond acceptors (Lipinski definition) is 6. The summed E-state index contributed by atoms with van der Waals surface area (Å²) in [5.74, 6) is 0.843. The Labute approximate surface area is 215 Å². The summed E-state index contributed by atoms with van der Waals surface area (Å²) >= 11 is 0. The predicted octanol–water partition coefficient (Wildman–Crippen LogP) is 6.49. The molecule has 6 nitrogen and oxygen atoms in total. The van der Waals surface area contributed by atoms with Crippen LogP contribution in [-0.2, 0) is 0 Å². The van der Waals surface area contributed by atoms with Gasteiger partial charge in [-0.05, 0) is 53.1 Å². The highest BCUT2D eigenvalue weighted by atomic mass is 16.6. The minimum absolute atomic E-state index is 0.123. The van der Waals surface area contributed by atoms with Crippen molar-refractivity contribution in [2.24, 2.45) is 0 Å². The van der Waals surface area contributed by atoms with Crippen molar-refractivity contribution in [3.05, 3.63) is 114 Å². The number of carbonyl (C=O) groups is 2. The van der Waals surface area contributed by atoms with Crippen molar-refractivity contribution in [1.82, 2.24) is 0 Å². The van der Waals surface area contributed by atoms with Gasteiger partial charge in [0, 0.05) is 5.56 Å². The molecule has 0 unspecified atom stereocenters. The first-order valence-corrected chi connectivity index (χ1v) is 11.5. The van der Waals surface area contributed by atoms with E-state index in [-0.39, 0.29) is 11.5 Å². The minimum Gasteiger partial charge on any atom is -0.493 e. The van der Waals surface area contributed by atoms with Crippen molar-refractivity contribution < 1.29 is 28.5 Å². The van der Waals surface area contributed by atoms with Crippen molar-refractivity contribution in [3.8, 4) is 34.1 Å². The normalized spacial score (nSPS) is 10.7. The molecule has 0 saturated carbocycles. The summed E-state index contributed by atoms with van der Waals surface area (Å²) in [5.41, 5.74) is 3.74. The Kier molecular flexibility index (Phi) is 8.01. The molecular formula is C31H26O6. The number of benzene rings is 4. The molecule has 0 saturated heterocycles. The van der Waals surface area contributed by atoms with Crippen LogP contribution in [0, 0.1) is 0 Å². The van der Waals surface area contributed by atoms with Gasteiger partial charge in [0.1, 0.15) is 0 Å². The van der Waals surface area contributed by atoms with E-state index in [4.69, 9.17) is 18.9 Å². The van der Waals surface area contributed by atoms with Crippen LogP contribution >= 0.6 is 0 Å². The van der Waals surface area contributed by atoms with Crippen molar-refractivity contribution >= 4 is 17.8 Å². The van der Waals surface area contributed by atoms with Gasteiger partial charge in [0.25, 0.3) is 0 Å². The molecule has 6 heteroatoms. The highest BCUT2D eigenvalue weighted by Crippen LogP contribution is 2.31. The molecule has 4 rings (SSSR count). The molecule has 186 valence electrons. The zero-order chi connectivity index (χ0) is 26.2. The van der Waals surface area contributed by atoms with Crippen molar-refractivity contribution in [1.29, 1.82) is 0 Å². The summed E-state index contributed by atoms with van der Waals surface area (Å²) in [7, 11) is 4.49. The Morgan fingerprint density at radius 1 is 0.595 bits per heavy atom. The van der Waals surface area contributed by atoms with E-state index in [9.17, 15) is 9.59 Å². The molecule has 4 aromatic carbocycles. The Morgan fingerprint density at radius 2 is 1.19 bits per heavy atom. The summed E-state index contributed by atoms with van der Waals surface area (Å²) in [6.45, 7) is 0. The lowest BCUT2D eigenvalue weighted by molar-refractivity contribution is 0.0729. The van der Waals surface area contributed by atoms with Crippen LogP contribution < -0.4 is 18.9 Å². The summed E-state index contributed by atoms with van der Waals surface area (Å²) in [4.78, 5) is 25.4. The fourth-order valence-corrected chi connectivity index (χ4v) is 3.72. The molecule has 0 fully saturated rings. The third kappa shape index (κ3) is 6.05. The highest BCUT2D eigenvalue weighted by molar-refractivity contribution is 6.07. The van der Waals surface area contributed by atoms with Gasteiger partial charge in [0.2, 0.25) is 0 Å². The number of hydrogen-bond donors (Lipinski definition) is 0. The minimum atomic E-state index is -0.573. The quantitative estimate of drug-likeness (QED) is 0.115. The topological polar surface area (TPSA) is 71.1 Å². The Hall–Kier alpha value is -4.84. The van der Waals surface area contributed by atoms with E-state index in [2.05, 4.69) is 0 Å². The van der Waals surface area contributed by atoms with E-state index in [1.807, 2.05) is 54.6 Å². The lowest BCUT2D eigenvalue weighted by Crippen LogP contribution is -2.09. The van der Waals surface area contributed by atoms with Crippen LogP contribution in [0.5, 0.6) is 23.0 Å². The van der Waals surface area contributed by atoms with E-state index in [1.165, 1.54) is 27.4 Å². The standard InChI is InChI=1S/C31H26O6/c1-34-27-18-15-25(20-30(27)36-3)31(33)37-28-17-10-21(19-29(28)35-2)9-16-26(32)24-13-11-23(12-14-24)22-7-5-4-6-8-22/h4-20H,1-3H3/b16-9+. The zero-order valence-electron chi connectivity index (χ0n) is 20.8. The van der Waals surface area contributed by atoms with Gasteiger partial charge >= 0.3 is 5.97 Å². The number of rotatable bonds is 9. The molecule has 0 heterocycles. The summed E-state index contributed by atoms with van der Waals surface area (Å²) < 4.78 is 21.4. The molecule has 0 spiro atoms. The van der Waals surface area contributed by atoms with Crippen LogP contribution in [0.1, 0.15) is 26.3 Å². The molecule has 0 amide bonds. The second kappa shape index (κ2) is 11.7. The monoisotopic (exact) mass is 494 g/mol.